The standard InChI is InChI=1S/C22H21N7O5/c1-16(30)24-17-4-2-5-20(12-17)34-15-18-14-27(26-25-18)9-10-28-21(23-13-22(28)29(31)32)8-7-19-6-3-11-33-19/h2-8,11-14H,9-10,15H2,1H3,(H,24,30)/b8-7+. The molecule has 1 amide bonds. The van der Waals surface area contributed by atoms with E-state index < -0.39 is 4.92 Å². The van der Waals surface area contributed by atoms with Gasteiger partial charge in [-0.05, 0) is 35.3 Å². The maximum absolute atomic E-state index is 11.4. The van der Waals surface area contributed by atoms with Crippen molar-refractivity contribution in [3.63, 3.8) is 0 Å². The Morgan fingerprint density at radius 1 is 1.26 bits per heavy atom. The minimum atomic E-state index is -0.479. The number of nitrogens with zero attached hydrogens (tertiary/aromatic N) is 6. The van der Waals surface area contributed by atoms with Gasteiger partial charge in [-0.2, -0.15) is 0 Å². The fourth-order valence-electron chi connectivity index (χ4n) is 3.17. The molecule has 0 atom stereocenters. The van der Waals surface area contributed by atoms with E-state index in [2.05, 4.69) is 20.6 Å². The molecule has 174 valence electrons. The topological polar surface area (TPSA) is 143 Å². The summed E-state index contributed by atoms with van der Waals surface area (Å²) in [6.07, 6.45) is 7.81. The summed E-state index contributed by atoms with van der Waals surface area (Å²) in [6, 6.07) is 10.5. The van der Waals surface area contributed by atoms with Gasteiger partial charge in [0, 0.05) is 24.8 Å². The Morgan fingerprint density at radius 2 is 2.15 bits per heavy atom. The highest BCUT2D eigenvalue weighted by molar-refractivity contribution is 5.88. The second-order valence-corrected chi connectivity index (χ2v) is 7.20. The molecule has 12 heteroatoms. The Bertz CT molecular complexity index is 1310. The molecule has 0 aliphatic heterocycles. The molecule has 0 spiro atoms. The number of benzene rings is 1. The molecular weight excluding hydrogens is 442 g/mol. The van der Waals surface area contributed by atoms with Crippen molar-refractivity contribution < 1.29 is 18.9 Å². The monoisotopic (exact) mass is 463 g/mol. The number of hydrogen-bond acceptors (Lipinski definition) is 8. The van der Waals surface area contributed by atoms with Crippen LogP contribution in [-0.2, 0) is 24.5 Å². The highest BCUT2D eigenvalue weighted by atomic mass is 16.6. The zero-order valence-electron chi connectivity index (χ0n) is 18.2. The third-order valence-electron chi connectivity index (χ3n) is 4.67. The number of nitrogens with one attached hydrogen (secondary N) is 1. The number of furan rings is 1. The summed E-state index contributed by atoms with van der Waals surface area (Å²) in [4.78, 5) is 26.3. The lowest BCUT2D eigenvalue weighted by atomic mass is 10.3. The molecule has 0 radical (unpaired) electrons. The van der Waals surface area contributed by atoms with Crippen molar-refractivity contribution in [1.82, 2.24) is 24.5 Å². The average molecular weight is 463 g/mol. The van der Waals surface area contributed by atoms with Crippen LogP contribution in [0.3, 0.4) is 0 Å². The van der Waals surface area contributed by atoms with Gasteiger partial charge in [0.25, 0.3) is 0 Å². The first-order valence-corrected chi connectivity index (χ1v) is 10.3. The van der Waals surface area contributed by atoms with Crippen molar-refractivity contribution in [2.75, 3.05) is 5.32 Å². The molecule has 12 nitrogen and oxygen atoms in total. The molecule has 3 aromatic heterocycles. The second-order valence-electron chi connectivity index (χ2n) is 7.20. The van der Waals surface area contributed by atoms with E-state index in [1.165, 1.54) is 17.7 Å². The summed E-state index contributed by atoms with van der Waals surface area (Å²) in [7, 11) is 0. The summed E-state index contributed by atoms with van der Waals surface area (Å²) in [5.74, 6) is 1.31. The summed E-state index contributed by atoms with van der Waals surface area (Å²) in [6.45, 7) is 2.20. The predicted octanol–water partition coefficient (Wildman–Crippen LogP) is 3.38. The lowest BCUT2D eigenvalue weighted by molar-refractivity contribution is -0.392. The second kappa shape index (κ2) is 10.3. The first-order valence-electron chi connectivity index (χ1n) is 10.3. The lowest BCUT2D eigenvalue weighted by Crippen LogP contribution is -2.11. The zero-order chi connectivity index (χ0) is 23.9. The van der Waals surface area contributed by atoms with E-state index in [1.54, 1.807) is 65.7 Å². The van der Waals surface area contributed by atoms with Crippen LogP contribution in [0.25, 0.3) is 12.2 Å². The van der Waals surface area contributed by atoms with E-state index in [0.29, 0.717) is 35.3 Å². The maximum Gasteiger partial charge on any atom is 0.343 e. The number of carbonyl (C=O) groups excluding carboxylic acids is 1. The molecule has 0 aliphatic carbocycles. The molecule has 4 aromatic rings. The van der Waals surface area contributed by atoms with Gasteiger partial charge in [0.05, 0.1) is 19.0 Å². The van der Waals surface area contributed by atoms with E-state index >= 15 is 0 Å². The van der Waals surface area contributed by atoms with Crippen LogP contribution in [0.2, 0.25) is 0 Å². The fraction of sp³-hybridized carbons (Fsp3) is 0.182. The number of imidazole rings is 1. The van der Waals surface area contributed by atoms with Crippen LogP contribution in [0.5, 0.6) is 5.75 Å². The van der Waals surface area contributed by atoms with Crippen molar-refractivity contribution in [1.29, 1.82) is 0 Å². The Balaban J connectivity index is 1.39. The quantitative estimate of drug-likeness (QED) is 0.278. The van der Waals surface area contributed by atoms with Crippen LogP contribution in [0.1, 0.15) is 24.2 Å². The first-order chi connectivity index (χ1) is 16.5. The molecule has 3 heterocycles. The van der Waals surface area contributed by atoms with Crippen LogP contribution in [0.4, 0.5) is 11.5 Å². The fourth-order valence-corrected chi connectivity index (χ4v) is 3.17. The number of aromatic nitrogens is 5. The van der Waals surface area contributed by atoms with Gasteiger partial charge in [0.2, 0.25) is 11.7 Å². The summed E-state index contributed by atoms with van der Waals surface area (Å²) in [5.41, 5.74) is 1.22. The van der Waals surface area contributed by atoms with Gasteiger partial charge in [0.1, 0.15) is 36.6 Å². The van der Waals surface area contributed by atoms with Gasteiger partial charge in [-0.3, -0.25) is 4.79 Å². The molecule has 1 N–H and O–H groups in total. The number of hydrogen-bond donors (Lipinski definition) is 1. The molecular formula is C22H21N7O5. The predicted molar refractivity (Wildman–Crippen MR) is 122 cm³/mol. The smallest absolute Gasteiger partial charge is 0.343 e. The summed E-state index contributed by atoms with van der Waals surface area (Å²) < 4.78 is 14.0. The van der Waals surface area contributed by atoms with Gasteiger partial charge in [0.15, 0.2) is 0 Å². The molecule has 1 aromatic carbocycles. The van der Waals surface area contributed by atoms with Crippen LogP contribution in [0.15, 0.2) is 59.5 Å². The van der Waals surface area contributed by atoms with Crippen LogP contribution >= 0.6 is 0 Å². The molecule has 0 unspecified atom stereocenters. The number of nitro groups is 1. The van der Waals surface area contributed by atoms with Crippen LogP contribution in [0, 0.1) is 10.1 Å². The largest absolute Gasteiger partial charge is 0.487 e. The Hall–Kier alpha value is -4.74. The molecule has 0 saturated carbocycles. The molecule has 0 bridgehead atoms. The van der Waals surface area contributed by atoms with E-state index in [0.717, 1.165) is 0 Å². The van der Waals surface area contributed by atoms with E-state index in [4.69, 9.17) is 9.15 Å². The highest BCUT2D eigenvalue weighted by Crippen LogP contribution is 2.19. The van der Waals surface area contributed by atoms with Crippen molar-refractivity contribution >= 4 is 29.6 Å². The third-order valence-corrected chi connectivity index (χ3v) is 4.67. The third kappa shape index (κ3) is 5.73. The normalized spacial score (nSPS) is 11.1. The minimum absolute atomic E-state index is 0.123. The van der Waals surface area contributed by atoms with Gasteiger partial charge >= 0.3 is 5.82 Å². The van der Waals surface area contributed by atoms with E-state index in [9.17, 15) is 14.9 Å². The van der Waals surface area contributed by atoms with Crippen LogP contribution < -0.4 is 10.1 Å². The Labute approximate surface area is 193 Å². The average Bonchev–Trinajstić information content (AvgIpc) is 3.55. The van der Waals surface area contributed by atoms with Crippen molar-refractivity contribution in [3.05, 3.63) is 82.4 Å². The molecule has 0 fully saturated rings. The van der Waals surface area contributed by atoms with E-state index in [-0.39, 0.29) is 24.9 Å². The number of carbonyl (C=O) groups is 1. The number of rotatable bonds is 10. The number of amides is 1. The van der Waals surface area contributed by atoms with Crippen molar-refractivity contribution in [2.45, 2.75) is 26.6 Å². The molecule has 34 heavy (non-hydrogen) atoms. The number of ether oxygens (including phenoxy) is 1. The summed E-state index contributed by atoms with van der Waals surface area (Å²) in [5, 5.41) is 22.3. The van der Waals surface area contributed by atoms with Crippen LogP contribution in [-0.4, -0.2) is 35.4 Å². The highest BCUT2D eigenvalue weighted by Gasteiger charge is 2.19. The summed E-state index contributed by atoms with van der Waals surface area (Å²) >= 11 is 0. The van der Waals surface area contributed by atoms with Crippen molar-refractivity contribution in [2.24, 2.45) is 0 Å². The van der Waals surface area contributed by atoms with Gasteiger partial charge < -0.3 is 24.6 Å². The van der Waals surface area contributed by atoms with Gasteiger partial charge in [-0.1, -0.05) is 11.3 Å². The molecule has 4 rings (SSSR count). The SMILES string of the molecule is CC(=O)Nc1cccc(OCc2cn(CCn3c([N+](=O)[O-])cnc3/C=C/c3ccco3)nn2)c1. The molecule has 0 aliphatic rings. The zero-order valence-corrected chi connectivity index (χ0v) is 18.2. The maximum atomic E-state index is 11.4. The van der Waals surface area contributed by atoms with Crippen molar-refractivity contribution in [3.8, 4) is 5.75 Å². The Morgan fingerprint density at radius 3 is 2.91 bits per heavy atom. The lowest BCUT2D eigenvalue weighted by Gasteiger charge is -2.06. The minimum Gasteiger partial charge on any atom is -0.487 e. The molecule has 0 saturated heterocycles. The van der Waals surface area contributed by atoms with E-state index in [1.807, 2.05) is 0 Å². The van der Waals surface area contributed by atoms with Gasteiger partial charge in [-0.15, -0.1) is 5.10 Å². The number of aryl methyl sites for hydroxylation is 1. The van der Waals surface area contributed by atoms with Gasteiger partial charge in [-0.25, -0.2) is 14.2 Å². The number of anilines is 1. The first kappa shape index (κ1) is 22.5. The Kier molecular flexibility index (Phi) is 6.77.